The number of thiophene rings is 1. The van der Waals surface area contributed by atoms with Crippen molar-refractivity contribution in [3.05, 3.63) is 258 Å². The summed E-state index contributed by atoms with van der Waals surface area (Å²) in [6.07, 6.45) is 0. The largest absolute Gasteiger partial charge is 0.457 e. The predicted molar refractivity (Wildman–Crippen MR) is 280 cm³/mol. The van der Waals surface area contributed by atoms with E-state index in [2.05, 4.69) is 243 Å². The Bertz CT molecular complexity index is 3790. The lowest BCUT2D eigenvalue weighted by Crippen LogP contribution is -2.32. The standard InChI is InChI=1S/C64H43NOS/c1-63(2)51-27-10-6-20-44(51)47-36-34-41(38-55(47)63)65(62-43(40-18-4-3-5-19-40)24-16-26-49(62)48-25-17-33-60-61(48)50-23-9-15-32-59(50)67-60)42-35-37-58-56(39-42)64(54-30-13-14-31-57(54)66-58)52-28-11-7-21-45(52)46-22-8-12-29-53(46)64/h3-39H,1-2H3. The molecular weight excluding hydrogens is 831 g/mol. The number of rotatable bonds is 5. The quantitative estimate of drug-likeness (QED) is 0.171. The first kappa shape index (κ1) is 38.3. The summed E-state index contributed by atoms with van der Waals surface area (Å²) in [6, 6.07) is 83.3. The molecule has 3 heteroatoms. The predicted octanol–water partition coefficient (Wildman–Crippen LogP) is 17.6. The van der Waals surface area contributed by atoms with Crippen molar-refractivity contribution in [1.29, 1.82) is 0 Å². The third-order valence-corrected chi connectivity index (χ3v) is 16.1. The number of hydrogen-bond acceptors (Lipinski definition) is 3. The number of para-hydroxylation sites is 2. The van der Waals surface area contributed by atoms with Crippen LogP contribution >= 0.6 is 11.3 Å². The molecule has 11 aromatic rings. The van der Waals surface area contributed by atoms with Crippen molar-refractivity contribution in [1.82, 2.24) is 0 Å². The number of nitrogens with zero attached hydrogens (tertiary/aromatic N) is 1. The molecule has 0 unspecified atom stereocenters. The zero-order valence-electron chi connectivity index (χ0n) is 37.1. The number of benzene rings is 10. The van der Waals surface area contributed by atoms with Crippen molar-refractivity contribution in [2.24, 2.45) is 0 Å². The SMILES string of the molecule is CC1(C)c2ccccc2-c2ccc(N(c3ccc4c(c3)C3(c5ccccc5O4)c4ccccc4-c4ccccc43)c3c(-c4ccccc4)cccc3-c3cccc4sc5ccccc5c34)cc21. The summed E-state index contributed by atoms with van der Waals surface area (Å²) in [5, 5.41) is 2.57. The van der Waals surface area contributed by atoms with Gasteiger partial charge in [0.25, 0.3) is 0 Å². The highest BCUT2D eigenvalue weighted by molar-refractivity contribution is 7.25. The maximum Gasteiger partial charge on any atom is 0.132 e. The molecule has 2 heterocycles. The second-order valence-corrected chi connectivity index (χ2v) is 19.8. The highest BCUT2D eigenvalue weighted by atomic mass is 32.1. The lowest BCUT2D eigenvalue weighted by Gasteiger charge is -2.40. The summed E-state index contributed by atoms with van der Waals surface area (Å²) in [7, 11) is 0. The minimum atomic E-state index is -0.621. The Morgan fingerprint density at radius 3 is 1.67 bits per heavy atom. The van der Waals surface area contributed by atoms with Crippen LogP contribution < -0.4 is 9.64 Å². The van der Waals surface area contributed by atoms with E-state index < -0.39 is 5.41 Å². The van der Waals surface area contributed by atoms with Gasteiger partial charge in [0.15, 0.2) is 0 Å². The van der Waals surface area contributed by atoms with E-state index in [1.165, 1.54) is 75.8 Å². The molecule has 0 saturated heterocycles. The van der Waals surface area contributed by atoms with Crippen LogP contribution in [0.1, 0.15) is 47.2 Å². The minimum Gasteiger partial charge on any atom is -0.457 e. The van der Waals surface area contributed by atoms with E-state index in [0.717, 1.165) is 50.8 Å². The van der Waals surface area contributed by atoms with Crippen LogP contribution in [0.2, 0.25) is 0 Å². The average Bonchev–Trinajstić information content (AvgIpc) is 3.99. The molecule has 0 bridgehead atoms. The second-order valence-electron chi connectivity index (χ2n) is 18.7. The van der Waals surface area contributed by atoms with Gasteiger partial charge in [-0.3, -0.25) is 0 Å². The fourth-order valence-corrected chi connectivity index (χ4v) is 13.2. The van der Waals surface area contributed by atoms with E-state index in [-0.39, 0.29) is 5.41 Å². The fourth-order valence-electron chi connectivity index (χ4n) is 12.1. The molecule has 316 valence electrons. The van der Waals surface area contributed by atoms with Gasteiger partial charge in [-0.1, -0.05) is 190 Å². The van der Waals surface area contributed by atoms with E-state index in [9.17, 15) is 0 Å². The summed E-state index contributed by atoms with van der Waals surface area (Å²) >= 11 is 1.87. The Morgan fingerprint density at radius 1 is 0.373 bits per heavy atom. The van der Waals surface area contributed by atoms with Crippen LogP contribution in [-0.2, 0) is 10.8 Å². The van der Waals surface area contributed by atoms with Crippen LogP contribution in [-0.4, -0.2) is 0 Å². The van der Waals surface area contributed by atoms with Crippen molar-refractivity contribution < 1.29 is 4.74 Å². The molecule has 3 aliphatic rings. The van der Waals surface area contributed by atoms with Gasteiger partial charge in [0.05, 0.1) is 11.1 Å². The van der Waals surface area contributed by atoms with Crippen LogP contribution in [0.25, 0.3) is 64.7 Å². The molecule has 2 nitrogen and oxygen atoms in total. The first-order chi connectivity index (χ1) is 33.0. The maximum absolute atomic E-state index is 7.01. The number of fused-ring (bicyclic) bond motifs is 15. The van der Waals surface area contributed by atoms with Gasteiger partial charge in [0.1, 0.15) is 11.5 Å². The highest BCUT2D eigenvalue weighted by Gasteiger charge is 2.51. The minimum absolute atomic E-state index is 0.203. The molecule has 10 aromatic carbocycles. The summed E-state index contributed by atoms with van der Waals surface area (Å²) in [5.74, 6) is 1.75. The van der Waals surface area contributed by atoms with Crippen LogP contribution in [0.5, 0.6) is 11.5 Å². The van der Waals surface area contributed by atoms with Crippen molar-refractivity contribution in [2.75, 3.05) is 4.90 Å². The molecule has 0 atom stereocenters. The van der Waals surface area contributed by atoms with Gasteiger partial charge in [-0.05, 0) is 104 Å². The first-order valence-electron chi connectivity index (χ1n) is 23.2. The van der Waals surface area contributed by atoms with Crippen LogP contribution in [0.4, 0.5) is 17.1 Å². The molecule has 1 aliphatic heterocycles. The van der Waals surface area contributed by atoms with Crippen LogP contribution in [0.15, 0.2) is 224 Å². The van der Waals surface area contributed by atoms with Crippen LogP contribution in [0, 0.1) is 0 Å². The highest BCUT2D eigenvalue weighted by Crippen LogP contribution is 2.63. The normalized spacial score (nSPS) is 14.2. The van der Waals surface area contributed by atoms with Crippen LogP contribution in [0.3, 0.4) is 0 Å². The van der Waals surface area contributed by atoms with Gasteiger partial charge in [-0.15, -0.1) is 11.3 Å². The third-order valence-electron chi connectivity index (χ3n) is 15.0. The molecule has 0 amide bonds. The monoisotopic (exact) mass is 873 g/mol. The van der Waals surface area contributed by atoms with Gasteiger partial charge in [-0.2, -0.15) is 0 Å². The number of hydrogen-bond donors (Lipinski definition) is 0. The smallest absolute Gasteiger partial charge is 0.132 e. The molecule has 0 fully saturated rings. The second kappa shape index (κ2) is 14.3. The van der Waals surface area contributed by atoms with Crippen molar-refractivity contribution >= 4 is 48.6 Å². The number of anilines is 3. The van der Waals surface area contributed by atoms with Gasteiger partial charge in [0, 0.05) is 59.2 Å². The van der Waals surface area contributed by atoms with Crippen molar-refractivity contribution in [2.45, 2.75) is 24.7 Å². The lowest BCUT2D eigenvalue weighted by atomic mass is 9.66. The molecular formula is C64H43NOS. The Kier molecular flexibility index (Phi) is 8.15. The van der Waals surface area contributed by atoms with Gasteiger partial charge >= 0.3 is 0 Å². The Morgan fingerprint density at radius 2 is 0.896 bits per heavy atom. The number of ether oxygens (including phenoxy) is 1. The van der Waals surface area contributed by atoms with Gasteiger partial charge in [0.2, 0.25) is 0 Å². The zero-order chi connectivity index (χ0) is 44.4. The molecule has 0 N–H and O–H groups in total. The molecule has 67 heavy (non-hydrogen) atoms. The molecule has 1 aromatic heterocycles. The average molecular weight is 874 g/mol. The Hall–Kier alpha value is -7.98. The van der Waals surface area contributed by atoms with Crippen molar-refractivity contribution in [3.8, 4) is 56.0 Å². The summed E-state index contributed by atoms with van der Waals surface area (Å²) in [5.41, 5.74) is 19.8. The topological polar surface area (TPSA) is 12.5 Å². The third kappa shape index (κ3) is 5.32. The Labute approximate surface area is 394 Å². The van der Waals surface area contributed by atoms with Gasteiger partial charge in [-0.25, -0.2) is 0 Å². The van der Waals surface area contributed by atoms with E-state index in [1.807, 2.05) is 11.3 Å². The maximum atomic E-state index is 7.01. The summed E-state index contributed by atoms with van der Waals surface area (Å²) in [6.45, 7) is 4.76. The van der Waals surface area contributed by atoms with Gasteiger partial charge < -0.3 is 9.64 Å². The molecule has 1 spiro atoms. The van der Waals surface area contributed by atoms with E-state index >= 15 is 0 Å². The fraction of sp³-hybridized carbons (Fsp3) is 0.0625. The molecule has 0 radical (unpaired) electrons. The van der Waals surface area contributed by atoms with E-state index in [4.69, 9.17) is 4.74 Å². The lowest BCUT2D eigenvalue weighted by molar-refractivity contribution is 0.436. The zero-order valence-corrected chi connectivity index (χ0v) is 37.9. The molecule has 2 aliphatic carbocycles. The van der Waals surface area contributed by atoms with Crippen molar-refractivity contribution in [3.63, 3.8) is 0 Å². The molecule has 0 saturated carbocycles. The molecule has 14 rings (SSSR count). The summed E-state index contributed by atoms with van der Waals surface area (Å²) in [4.78, 5) is 2.56. The van der Waals surface area contributed by atoms with E-state index in [0.29, 0.717) is 0 Å². The Balaban J connectivity index is 1.11. The summed E-state index contributed by atoms with van der Waals surface area (Å²) < 4.78 is 9.59. The first-order valence-corrected chi connectivity index (χ1v) is 24.1. The van der Waals surface area contributed by atoms with E-state index in [1.54, 1.807) is 0 Å².